The lowest BCUT2D eigenvalue weighted by atomic mass is 9.73. The smallest absolute Gasteiger partial charge is 0.225 e. The van der Waals surface area contributed by atoms with Crippen molar-refractivity contribution in [1.29, 1.82) is 0 Å². The number of carbonyl (C=O) groups excluding carboxylic acids is 1. The van der Waals surface area contributed by atoms with Gasteiger partial charge in [-0.15, -0.1) is 0 Å². The summed E-state index contributed by atoms with van der Waals surface area (Å²) in [5.74, 6) is -3.58. The van der Waals surface area contributed by atoms with E-state index < -0.39 is 28.6 Å². The zero-order chi connectivity index (χ0) is 17.0. The number of benzene rings is 1. The Balaban J connectivity index is 2.07. The fraction of sp³-hybridized carbons (Fsp3) is 0.611. The standard InChI is InChI=1S/C18H22ClF3O/c1-2-3-11-4-6-13(7-5-11)14(18(19)23)8-12-9-15(20)17(22)16(21)10-12/h9-11,13-14H,2-8H2,1H3. The predicted molar refractivity (Wildman–Crippen MR) is 84.7 cm³/mol. The molecule has 1 aliphatic rings. The van der Waals surface area contributed by atoms with Crippen LogP contribution in [0.5, 0.6) is 0 Å². The molecule has 0 spiro atoms. The Morgan fingerprint density at radius 1 is 1.17 bits per heavy atom. The summed E-state index contributed by atoms with van der Waals surface area (Å²) in [5, 5.41) is -0.478. The third-order valence-corrected chi connectivity index (χ3v) is 5.23. The number of halogens is 4. The van der Waals surface area contributed by atoms with Crippen molar-refractivity contribution in [3.05, 3.63) is 35.1 Å². The topological polar surface area (TPSA) is 17.1 Å². The lowest BCUT2D eigenvalue weighted by Gasteiger charge is -2.32. The van der Waals surface area contributed by atoms with E-state index in [0.717, 1.165) is 44.2 Å². The third kappa shape index (κ3) is 4.72. The second-order valence-corrected chi connectivity index (χ2v) is 6.93. The summed E-state index contributed by atoms with van der Waals surface area (Å²) < 4.78 is 39.7. The van der Waals surface area contributed by atoms with Crippen LogP contribution in [0.1, 0.15) is 51.0 Å². The van der Waals surface area contributed by atoms with E-state index in [9.17, 15) is 18.0 Å². The van der Waals surface area contributed by atoms with Gasteiger partial charge in [0.1, 0.15) is 0 Å². The molecule has 1 unspecified atom stereocenters. The number of hydrogen-bond acceptors (Lipinski definition) is 1. The molecule has 0 saturated heterocycles. The molecule has 0 heterocycles. The Morgan fingerprint density at radius 3 is 2.22 bits per heavy atom. The summed E-state index contributed by atoms with van der Waals surface area (Å²) >= 11 is 5.73. The van der Waals surface area contributed by atoms with Crippen LogP contribution in [0.3, 0.4) is 0 Å². The molecule has 1 aliphatic carbocycles. The molecule has 1 atom stereocenters. The second-order valence-electron chi connectivity index (χ2n) is 6.56. The summed E-state index contributed by atoms with van der Waals surface area (Å²) in [5.41, 5.74) is 0.274. The normalized spacial score (nSPS) is 22.8. The van der Waals surface area contributed by atoms with Crippen molar-refractivity contribution < 1.29 is 18.0 Å². The summed E-state index contributed by atoms with van der Waals surface area (Å²) in [6.07, 6.45) is 6.43. The minimum Gasteiger partial charge on any atom is -0.281 e. The van der Waals surface area contributed by atoms with Gasteiger partial charge in [0.2, 0.25) is 5.24 Å². The van der Waals surface area contributed by atoms with Gasteiger partial charge in [0.25, 0.3) is 0 Å². The lowest BCUT2D eigenvalue weighted by Crippen LogP contribution is -2.27. The minimum absolute atomic E-state index is 0.129. The molecule has 1 nitrogen and oxygen atoms in total. The highest BCUT2D eigenvalue weighted by molar-refractivity contribution is 6.64. The van der Waals surface area contributed by atoms with Crippen LogP contribution in [-0.2, 0) is 11.2 Å². The summed E-state index contributed by atoms with van der Waals surface area (Å²) in [7, 11) is 0. The van der Waals surface area contributed by atoms with Crippen molar-refractivity contribution in [1.82, 2.24) is 0 Å². The maximum atomic E-state index is 13.3. The highest BCUT2D eigenvalue weighted by Crippen LogP contribution is 2.37. The molecule has 1 fully saturated rings. The molecule has 1 saturated carbocycles. The van der Waals surface area contributed by atoms with E-state index in [1.807, 2.05) is 0 Å². The molecular weight excluding hydrogens is 325 g/mol. The molecule has 128 valence electrons. The lowest BCUT2D eigenvalue weighted by molar-refractivity contribution is -0.117. The largest absolute Gasteiger partial charge is 0.281 e. The molecule has 2 rings (SSSR count). The molecule has 1 aromatic rings. The minimum atomic E-state index is -1.48. The molecule has 0 aromatic heterocycles. The monoisotopic (exact) mass is 346 g/mol. The van der Waals surface area contributed by atoms with E-state index in [1.54, 1.807) is 0 Å². The van der Waals surface area contributed by atoms with Crippen molar-refractivity contribution in [2.75, 3.05) is 0 Å². The van der Waals surface area contributed by atoms with E-state index in [1.165, 1.54) is 6.42 Å². The van der Waals surface area contributed by atoms with Gasteiger partial charge in [0, 0.05) is 5.92 Å². The zero-order valence-electron chi connectivity index (χ0n) is 13.3. The van der Waals surface area contributed by atoms with Gasteiger partial charge in [-0.3, -0.25) is 4.79 Å². The number of hydrogen-bond donors (Lipinski definition) is 0. The first-order chi connectivity index (χ1) is 10.9. The molecule has 0 radical (unpaired) electrons. The number of carbonyl (C=O) groups is 1. The Labute approximate surface area is 140 Å². The Morgan fingerprint density at radius 2 is 1.74 bits per heavy atom. The van der Waals surface area contributed by atoms with E-state index in [2.05, 4.69) is 6.92 Å². The Bertz CT molecular complexity index is 530. The van der Waals surface area contributed by atoms with Gasteiger partial charge in [0.05, 0.1) is 0 Å². The van der Waals surface area contributed by atoms with Crippen LogP contribution in [0.4, 0.5) is 13.2 Å². The molecule has 1 aromatic carbocycles. The average Bonchev–Trinajstić information content (AvgIpc) is 2.51. The summed E-state index contributed by atoms with van der Waals surface area (Å²) in [4.78, 5) is 11.8. The highest BCUT2D eigenvalue weighted by atomic mass is 35.5. The van der Waals surface area contributed by atoms with E-state index in [0.29, 0.717) is 5.92 Å². The molecule has 0 bridgehead atoms. The third-order valence-electron chi connectivity index (χ3n) is 4.95. The maximum Gasteiger partial charge on any atom is 0.225 e. The quantitative estimate of drug-likeness (QED) is 0.481. The Hall–Kier alpha value is -1.03. The molecule has 23 heavy (non-hydrogen) atoms. The maximum absolute atomic E-state index is 13.3. The first-order valence-electron chi connectivity index (χ1n) is 8.25. The van der Waals surface area contributed by atoms with Crippen LogP contribution >= 0.6 is 11.6 Å². The van der Waals surface area contributed by atoms with Crippen LogP contribution in [-0.4, -0.2) is 5.24 Å². The SMILES string of the molecule is CCCC1CCC(C(Cc2cc(F)c(F)c(F)c2)C(=O)Cl)CC1. The molecule has 5 heteroatoms. The van der Waals surface area contributed by atoms with Crippen LogP contribution in [0.2, 0.25) is 0 Å². The van der Waals surface area contributed by atoms with Gasteiger partial charge in [0.15, 0.2) is 17.5 Å². The number of rotatable bonds is 6. The average molecular weight is 347 g/mol. The van der Waals surface area contributed by atoms with E-state index in [-0.39, 0.29) is 17.9 Å². The molecule has 0 aliphatic heterocycles. The van der Waals surface area contributed by atoms with Gasteiger partial charge >= 0.3 is 0 Å². The van der Waals surface area contributed by atoms with Crippen molar-refractivity contribution in [2.45, 2.75) is 51.9 Å². The van der Waals surface area contributed by atoms with Gasteiger partial charge in [-0.25, -0.2) is 13.2 Å². The summed E-state index contributed by atoms with van der Waals surface area (Å²) in [6, 6.07) is 1.90. The van der Waals surface area contributed by atoms with Gasteiger partial charge < -0.3 is 0 Å². The first-order valence-corrected chi connectivity index (χ1v) is 8.62. The summed E-state index contributed by atoms with van der Waals surface area (Å²) in [6.45, 7) is 2.16. The van der Waals surface area contributed by atoms with Crippen molar-refractivity contribution >= 4 is 16.8 Å². The fourth-order valence-corrected chi connectivity index (χ4v) is 3.95. The highest BCUT2D eigenvalue weighted by Gasteiger charge is 2.31. The van der Waals surface area contributed by atoms with Gasteiger partial charge in [-0.05, 0) is 60.4 Å². The molecule has 0 amide bonds. The van der Waals surface area contributed by atoms with Gasteiger partial charge in [-0.1, -0.05) is 32.6 Å². The fourth-order valence-electron chi connectivity index (χ4n) is 3.70. The van der Waals surface area contributed by atoms with Crippen LogP contribution in [0, 0.1) is 35.2 Å². The first kappa shape index (κ1) is 18.3. The Kier molecular flexibility index (Phi) is 6.51. The second kappa shape index (κ2) is 8.18. The van der Waals surface area contributed by atoms with E-state index in [4.69, 9.17) is 11.6 Å². The predicted octanol–water partition coefficient (Wildman–Crippen LogP) is 5.63. The zero-order valence-corrected chi connectivity index (χ0v) is 14.0. The van der Waals surface area contributed by atoms with Crippen molar-refractivity contribution in [3.63, 3.8) is 0 Å². The molecule has 0 N–H and O–H groups in total. The van der Waals surface area contributed by atoms with Gasteiger partial charge in [-0.2, -0.15) is 0 Å². The molecular formula is C18H22ClF3O. The van der Waals surface area contributed by atoms with Crippen molar-refractivity contribution in [3.8, 4) is 0 Å². The van der Waals surface area contributed by atoms with Crippen LogP contribution in [0.25, 0.3) is 0 Å². The van der Waals surface area contributed by atoms with Crippen molar-refractivity contribution in [2.24, 2.45) is 17.8 Å². The van der Waals surface area contributed by atoms with Crippen LogP contribution < -0.4 is 0 Å². The van der Waals surface area contributed by atoms with E-state index >= 15 is 0 Å². The van der Waals surface area contributed by atoms with Crippen LogP contribution in [0.15, 0.2) is 12.1 Å².